The van der Waals surface area contributed by atoms with E-state index in [-0.39, 0.29) is 0 Å². The van der Waals surface area contributed by atoms with Crippen LogP contribution in [0.15, 0.2) is 36.5 Å². The van der Waals surface area contributed by atoms with Gasteiger partial charge in [0.25, 0.3) is 5.91 Å². The number of allylic oxidation sites excluding steroid dienone is 1. The molecule has 0 radical (unpaired) electrons. The first kappa shape index (κ1) is 13.5. The molecule has 20 heavy (non-hydrogen) atoms. The molecule has 0 amide bonds. The fourth-order valence-corrected chi connectivity index (χ4v) is 1.86. The number of carbonyl (C=O) groups is 3. The number of aldehydes is 1. The second kappa shape index (κ2) is 5.40. The Kier molecular flexibility index (Phi) is 3.65. The zero-order valence-electron chi connectivity index (χ0n) is 10.6. The molecule has 1 heterocycles. The summed E-state index contributed by atoms with van der Waals surface area (Å²) in [4.78, 5) is 33.4. The lowest BCUT2D eigenvalue weighted by Gasteiger charge is -2.02. The molecule has 0 aliphatic heterocycles. The fourth-order valence-electron chi connectivity index (χ4n) is 1.86. The number of carboxylic acids is 1. The van der Waals surface area contributed by atoms with Gasteiger partial charge in [-0.1, -0.05) is 0 Å². The van der Waals surface area contributed by atoms with Crippen LogP contribution in [0, 0.1) is 0 Å². The van der Waals surface area contributed by atoms with Gasteiger partial charge in [-0.3, -0.25) is 14.2 Å². The minimum Gasteiger partial charge on any atom is -0.497 e. The average Bonchev–Trinajstić information content (AvgIpc) is 2.82. The van der Waals surface area contributed by atoms with Crippen LogP contribution in [0.5, 0.6) is 5.75 Å². The van der Waals surface area contributed by atoms with Crippen LogP contribution in [0.3, 0.4) is 0 Å². The van der Waals surface area contributed by atoms with Crippen molar-refractivity contribution in [2.24, 2.45) is 0 Å². The molecule has 0 fully saturated rings. The lowest BCUT2D eigenvalue weighted by Crippen LogP contribution is -2.06. The minimum absolute atomic E-state index is 0.330. The van der Waals surface area contributed by atoms with Crippen LogP contribution >= 0.6 is 0 Å². The van der Waals surface area contributed by atoms with E-state index in [4.69, 9.17) is 9.84 Å². The van der Waals surface area contributed by atoms with Crippen LogP contribution in [0.1, 0.15) is 15.2 Å². The number of benzene rings is 1. The summed E-state index contributed by atoms with van der Waals surface area (Å²) in [5.41, 5.74) is 0.837. The van der Waals surface area contributed by atoms with Crippen LogP contribution in [-0.4, -0.2) is 34.9 Å². The second-order valence-electron chi connectivity index (χ2n) is 3.97. The number of hydrogen-bond donors (Lipinski definition) is 1. The van der Waals surface area contributed by atoms with Crippen molar-refractivity contribution < 1.29 is 24.2 Å². The summed E-state index contributed by atoms with van der Waals surface area (Å²) in [6.45, 7) is 0. The molecule has 0 saturated heterocycles. The highest BCUT2D eigenvalue weighted by Crippen LogP contribution is 2.25. The van der Waals surface area contributed by atoms with Crippen molar-refractivity contribution in [3.8, 4) is 5.75 Å². The van der Waals surface area contributed by atoms with Crippen LogP contribution in [0.25, 0.3) is 10.9 Å². The van der Waals surface area contributed by atoms with Crippen LogP contribution in [0.2, 0.25) is 0 Å². The Bertz CT molecular complexity index is 726. The first-order valence-electron chi connectivity index (χ1n) is 5.66. The van der Waals surface area contributed by atoms with Gasteiger partial charge in [0.1, 0.15) is 5.75 Å². The summed E-state index contributed by atoms with van der Waals surface area (Å²) >= 11 is 0. The van der Waals surface area contributed by atoms with E-state index in [2.05, 4.69) is 0 Å². The number of carboxylic acid groups (broad SMARTS) is 1. The predicted octanol–water partition coefficient (Wildman–Crippen LogP) is 1.74. The van der Waals surface area contributed by atoms with Crippen LogP contribution in [-0.2, 0) is 4.79 Å². The number of aromatic nitrogens is 1. The molecule has 0 atom stereocenters. The topological polar surface area (TPSA) is 85.6 Å². The number of fused-ring (bicyclic) bond motifs is 1. The number of aliphatic carboxylic acids is 1. The molecule has 1 N–H and O–H groups in total. The third kappa shape index (κ3) is 2.44. The first-order chi connectivity index (χ1) is 9.56. The molecule has 0 saturated carbocycles. The van der Waals surface area contributed by atoms with Gasteiger partial charge in [-0.25, -0.2) is 4.79 Å². The first-order valence-corrected chi connectivity index (χ1v) is 5.66. The van der Waals surface area contributed by atoms with E-state index in [1.807, 2.05) is 0 Å². The number of nitrogens with zero attached hydrogens (tertiary/aromatic N) is 1. The molecule has 102 valence electrons. The van der Waals surface area contributed by atoms with Crippen molar-refractivity contribution in [1.29, 1.82) is 0 Å². The van der Waals surface area contributed by atoms with E-state index in [0.717, 1.165) is 12.2 Å². The number of hydrogen-bond acceptors (Lipinski definition) is 4. The Morgan fingerprint density at radius 2 is 2.05 bits per heavy atom. The van der Waals surface area contributed by atoms with Gasteiger partial charge in [0.15, 0.2) is 6.29 Å². The zero-order chi connectivity index (χ0) is 14.7. The summed E-state index contributed by atoms with van der Waals surface area (Å²) in [6, 6.07) is 4.93. The Balaban J connectivity index is 2.57. The molecule has 6 nitrogen and oxygen atoms in total. The maximum absolute atomic E-state index is 11.9. The van der Waals surface area contributed by atoms with Gasteiger partial charge in [-0.2, -0.15) is 0 Å². The van der Waals surface area contributed by atoms with Crippen LogP contribution < -0.4 is 4.74 Å². The van der Waals surface area contributed by atoms with E-state index in [1.54, 1.807) is 18.2 Å². The van der Waals surface area contributed by atoms with E-state index in [0.29, 0.717) is 28.5 Å². The summed E-state index contributed by atoms with van der Waals surface area (Å²) in [7, 11) is 1.50. The number of carbonyl (C=O) groups excluding carboxylic acids is 2. The maximum atomic E-state index is 11.9. The van der Waals surface area contributed by atoms with Crippen molar-refractivity contribution in [3.05, 3.63) is 42.1 Å². The largest absolute Gasteiger partial charge is 0.497 e. The smallest absolute Gasteiger partial charge is 0.328 e. The average molecular weight is 273 g/mol. The molecule has 1 aromatic heterocycles. The van der Waals surface area contributed by atoms with Gasteiger partial charge in [-0.05, 0) is 18.2 Å². The second-order valence-corrected chi connectivity index (χ2v) is 3.97. The number of methoxy groups -OCH3 is 1. The molecule has 2 rings (SSSR count). The van der Waals surface area contributed by atoms with E-state index in [9.17, 15) is 14.4 Å². The Hall–Kier alpha value is -2.89. The number of rotatable bonds is 4. The highest BCUT2D eigenvalue weighted by molar-refractivity contribution is 6.06. The third-order valence-electron chi connectivity index (χ3n) is 2.78. The Morgan fingerprint density at radius 1 is 1.30 bits per heavy atom. The van der Waals surface area contributed by atoms with Gasteiger partial charge in [0, 0.05) is 29.3 Å². The standard InChI is InChI=1S/C14H11NO5/c1-20-10-2-3-12-11(6-10)9(8-16)7-15(12)13(17)4-5-14(18)19/h2-8H,1H3,(H,18,19)/b5-4+. The molecule has 0 bridgehead atoms. The van der Waals surface area contributed by atoms with E-state index in [1.165, 1.54) is 17.9 Å². The Labute approximate surface area is 113 Å². The van der Waals surface area contributed by atoms with Gasteiger partial charge < -0.3 is 9.84 Å². The molecule has 0 unspecified atom stereocenters. The SMILES string of the molecule is COc1ccc2c(c1)c(C=O)cn2C(=O)/C=C/C(=O)O. The third-order valence-corrected chi connectivity index (χ3v) is 2.78. The molecular weight excluding hydrogens is 262 g/mol. The summed E-state index contributed by atoms with van der Waals surface area (Å²) in [6.07, 6.45) is 3.68. The fraction of sp³-hybridized carbons (Fsp3) is 0.0714. The quantitative estimate of drug-likeness (QED) is 0.677. The van der Waals surface area contributed by atoms with Crippen molar-refractivity contribution >= 4 is 29.1 Å². The molecular formula is C14H11NO5. The summed E-state index contributed by atoms with van der Waals surface area (Å²) in [5.74, 6) is -1.20. The lowest BCUT2D eigenvalue weighted by molar-refractivity contribution is -0.131. The molecule has 1 aromatic carbocycles. The number of ether oxygens (including phenoxy) is 1. The predicted molar refractivity (Wildman–Crippen MR) is 71.3 cm³/mol. The Morgan fingerprint density at radius 3 is 2.65 bits per heavy atom. The molecule has 0 spiro atoms. The minimum atomic E-state index is -1.22. The highest BCUT2D eigenvalue weighted by atomic mass is 16.5. The highest BCUT2D eigenvalue weighted by Gasteiger charge is 2.12. The lowest BCUT2D eigenvalue weighted by atomic mass is 10.2. The molecule has 0 aliphatic rings. The van der Waals surface area contributed by atoms with Crippen molar-refractivity contribution in [1.82, 2.24) is 4.57 Å². The van der Waals surface area contributed by atoms with Crippen molar-refractivity contribution in [3.63, 3.8) is 0 Å². The van der Waals surface area contributed by atoms with Crippen LogP contribution in [0.4, 0.5) is 0 Å². The van der Waals surface area contributed by atoms with Gasteiger partial charge >= 0.3 is 5.97 Å². The monoisotopic (exact) mass is 273 g/mol. The zero-order valence-corrected chi connectivity index (χ0v) is 10.6. The summed E-state index contributed by atoms with van der Waals surface area (Å²) in [5, 5.41) is 9.09. The normalized spacial score (nSPS) is 10.8. The maximum Gasteiger partial charge on any atom is 0.328 e. The van der Waals surface area contributed by atoms with E-state index >= 15 is 0 Å². The summed E-state index contributed by atoms with van der Waals surface area (Å²) < 4.78 is 6.29. The van der Waals surface area contributed by atoms with Gasteiger partial charge in [-0.15, -0.1) is 0 Å². The van der Waals surface area contributed by atoms with E-state index < -0.39 is 11.9 Å². The van der Waals surface area contributed by atoms with Gasteiger partial charge in [0.05, 0.1) is 12.6 Å². The molecule has 2 aromatic rings. The van der Waals surface area contributed by atoms with Crippen molar-refractivity contribution in [2.75, 3.05) is 7.11 Å². The molecule has 6 heteroatoms. The van der Waals surface area contributed by atoms with Gasteiger partial charge in [0.2, 0.25) is 0 Å². The van der Waals surface area contributed by atoms with Crippen molar-refractivity contribution in [2.45, 2.75) is 0 Å². The molecule has 0 aliphatic carbocycles.